The van der Waals surface area contributed by atoms with Crippen LogP contribution in [0.5, 0.6) is 0 Å². The van der Waals surface area contributed by atoms with Crippen LogP contribution in [0.25, 0.3) is 0 Å². The number of amides is 1. The number of rotatable bonds is 2. The van der Waals surface area contributed by atoms with E-state index in [1.165, 1.54) is 30.6 Å². The van der Waals surface area contributed by atoms with E-state index in [4.69, 9.17) is 5.73 Å². The molecule has 2 fully saturated rings. The predicted octanol–water partition coefficient (Wildman–Crippen LogP) is 1.69. The number of nitrogens with two attached hydrogens (primary N) is 1. The molecular formula is C15H24N4OS. The van der Waals surface area contributed by atoms with E-state index in [1.54, 1.807) is 0 Å². The van der Waals surface area contributed by atoms with Crippen molar-refractivity contribution in [1.29, 1.82) is 0 Å². The number of piperazine rings is 1. The summed E-state index contributed by atoms with van der Waals surface area (Å²) < 4.78 is 0. The van der Waals surface area contributed by atoms with Crippen molar-refractivity contribution >= 4 is 17.2 Å². The summed E-state index contributed by atoms with van der Waals surface area (Å²) in [5.74, 6) is 0.0981. The topological polar surface area (TPSA) is 62.5 Å². The molecule has 1 spiro atoms. The first-order valence-electron chi connectivity index (χ1n) is 7.80. The van der Waals surface area contributed by atoms with E-state index in [1.807, 2.05) is 5.38 Å². The molecule has 3 rings (SSSR count). The molecule has 0 radical (unpaired) electrons. The molecule has 0 bridgehead atoms. The minimum atomic E-state index is 0.0226. The van der Waals surface area contributed by atoms with E-state index in [9.17, 15) is 4.79 Å². The van der Waals surface area contributed by atoms with Crippen molar-refractivity contribution in [3.63, 3.8) is 0 Å². The summed E-state index contributed by atoms with van der Waals surface area (Å²) in [5, 5.41) is 2.70. The van der Waals surface area contributed by atoms with Crippen LogP contribution in [0.4, 0.5) is 0 Å². The lowest BCUT2D eigenvalue weighted by Crippen LogP contribution is -2.63. The first-order chi connectivity index (χ1) is 10.1. The number of likely N-dealkylation sites (N-methyl/N-ethyl adjacent to an activating group) is 1. The number of aromatic nitrogens is 1. The van der Waals surface area contributed by atoms with Crippen LogP contribution in [0.3, 0.4) is 0 Å². The summed E-state index contributed by atoms with van der Waals surface area (Å²) in [6, 6.07) is 0. The zero-order valence-corrected chi connectivity index (χ0v) is 13.5. The van der Waals surface area contributed by atoms with E-state index < -0.39 is 0 Å². The van der Waals surface area contributed by atoms with Gasteiger partial charge in [0.05, 0.1) is 5.54 Å². The van der Waals surface area contributed by atoms with Crippen molar-refractivity contribution in [2.24, 2.45) is 5.73 Å². The molecule has 1 aliphatic carbocycles. The van der Waals surface area contributed by atoms with E-state index in [0.29, 0.717) is 12.2 Å². The van der Waals surface area contributed by atoms with Gasteiger partial charge in [0.25, 0.3) is 5.91 Å². The highest BCUT2D eigenvalue weighted by molar-refractivity contribution is 7.09. The summed E-state index contributed by atoms with van der Waals surface area (Å²) in [4.78, 5) is 21.8. The molecule has 21 heavy (non-hydrogen) atoms. The predicted molar refractivity (Wildman–Crippen MR) is 84.4 cm³/mol. The second kappa shape index (κ2) is 6.02. The molecule has 1 aliphatic heterocycles. The highest BCUT2D eigenvalue weighted by Crippen LogP contribution is 2.37. The monoisotopic (exact) mass is 308 g/mol. The highest BCUT2D eigenvalue weighted by Gasteiger charge is 2.44. The van der Waals surface area contributed by atoms with Crippen molar-refractivity contribution in [2.45, 2.75) is 44.2 Å². The maximum Gasteiger partial charge on any atom is 0.273 e. The van der Waals surface area contributed by atoms with Crippen molar-refractivity contribution in [1.82, 2.24) is 14.8 Å². The Kier molecular flexibility index (Phi) is 4.28. The van der Waals surface area contributed by atoms with E-state index in [2.05, 4.69) is 21.8 Å². The van der Waals surface area contributed by atoms with E-state index >= 15 is 0 Å². The zero-order valence-electron chi connectivity index (χ0n) is 12.7. The van der Waals surface area contributed by atoms with Crippen LogP contribution >= 0.6 is 11.3 Å². The largest absolute Gasteiger partial charge is 0.329 e. The Morgan fingerprint density at radius 2 is 2.14 bits per heavy atom. The molecule has 5 nitrogen and oxygen atoms in total. The summed E-state index contributed by atoms with van der Waals surface area (Å²) in [5.41, 5.74) is 6.21. The van der Waals surface area contributed by atoms with E-state index in [-0.39, 0.29) is 11.4 Å². The van der Waals surface area contributed by atoms with E-state index in [0.717, 1.165) is 37.5 Å². The normalized spacial score (nSPS) is 22.7. The number of hydrogen-bond acceptors (Lipinski definition) is 5. The average Bonchev–Trinajstić information content (AvgIpc) is 2.96. The minimum Gasteiger partial charge on any atom is -0.329 e. The smallest absolute Gasteiger partial charge is 0.273 e. The SMILES string of the molecule is CN1CCN(C(=O)c2csc(CN)n2)C2(CCCCC2)C1. The first-order valence-corrected chi connectivity index (χ1v) is 8.68. The molecule has 1 saturated carbocycles. The van der Waals surface area contributed by atoms with Crippen LogP contribution in [0.2, 0.25) is 0 Å². The van der Waals surface area contributed by atoms with Crippen LogP contribution in [0.15, 0.2) is 5.38 Å². The third-order valence-corrected chi connectivity index (χ3v) is 5.69. The van der Waals surface area contributed by atoms with Gasteiger partial charge in [-0.3, -0.25) is 4.79 Å². The Labute approximate surface area is 130 Å². The average molecular weight is 308 g/mol. The fraction of sp³-hybridized carbons (Fsp3) is 0.733. The Bertz CT molecular complexity index is 510. The van der Waals surface area contributed by atoms with Crippen LogP contribution in [0.1, 0.15) is 47.6 Å². The lowest BCUT2D eigenvalue weighted by molar-refractivity contribution is -0.00812. The lowest BCUT2D eigenvalue weighted by Gasteiger charge is -2.52. The lowest BCUT2D eigenvalue weighted by atomic mass is 9.78. The summed E-state index contributed by atoms with van der Waals surface area (Å²) in [6.45, 7) is 3.16. The van der Waals surface area contributed by atoms with Crippen LogP contribution in [0, 0.1) is 0 Å². The van der Waals surface area contributed by atoms with Gasteiger partial charge in [-0.1, -0.05) is 19.3 Å². The van der Waals surface area contributed by atoms with Crippen LogP contribution < -0.4 is 5.73 Å². The molecule has 0 aromatic carbocycles. The molecular weight excluding hydrogens is 284 g/mol. The maximum absolute atomic E-state index is 12.9. The molecule has 1 amide bonds. The van der Waals surface area contributed by atoms with Crippen LogP contribution in [-0.4, -0.2) is 52.9 Å². The van der Waals surface area contributed by atoms with Gasteiger partial charge in [0.15, 0.2) is 0 Å². The standard InChI is InChI=1S/C15H24N4OS/c1-18-7-8-19(15(11-18)5-3-2-4-6-15)14(20)12-10-21-13(9-16)17-12/h10H,2-9,11,16H2,1H3. The van der Waals surface area contributed by atoms with Crippen molar-refractivity contribution in [3.05, 3.63) is 16.1 Å². The molecule has 2 aliphatic rings. The number of nitrogens with zero attached hydrogens (tertiary/aromatic N) is 3. The molecule has 1 saturated heterocycles. The van der Waals surface area contributed by atoms with Crippen molar-refractivity contribution < 1.29 is 4.79 Å². The molecule has 1 aromatic heterocycles. The maximum atomic E-state index is 12.9. The van der Waals surface area contributed by atoms with Gasteiger partial charge in [-0.15, -0.1) is 11.3 Å². The number of hydrogen-bond donors (Lipinski definition) is 1. The number of carbonyl (C=O) groups excluding carboxylic acids is 1. The third-order valence-electron chi connectivity index (χ3n) is 4.82. The Hall–Kier alpha value is -0.980. The van der Waals surface area contributed by atoms with Crippen LogP contribution in [-0.2, 0) is 6.54 Å². The van der Waals surface area contributed by atoms with Gasteiger partial charge in [0.2, 0.25) is 0 Å². The fourth-order valence-electron chi connectivity index (χ4n) is 3.77. The van der Waals surface area contributed by atoms with Gasteiger partial charge in [0.1, 0.15) is 10.7 Å². The molecule has 0 atom stereocenters. The zero-order chi connectivity index (χ0) is 14.9. The Balaban J connectivity index is 1.85. The molecule has 1 aromatic rings. The number of carbonyl (C=O) groups is 1. The van der Waals surface area contributed by atoms with Gasteiger partial charge in [-0.05, 0) is 19.9 Å². The molecule has 2 N–H and O–H groups in total. The summed E-state index contributed by atoms with van der Waals surface area (Å²) in [6.07, 6.45) is 5.99. The first kappa shape index (κ1) is 14.9. The van der Waals surface area contributed by atoms with Crippen molar-refractivity contribution in [2.75, 3.05) is 26.7 Å². The second-order valence-corrected chi connectivity index (χ2v) is 7.25. The second-order valence-electron chi connectivity index (χ2n) is 6.31. The molecule has 0 unspecified atom stereocenters. The van der Waals surface area contributed by atoms with Gasteiger partial charge >= 0.3 is 0 Å². The van der Waals surface area contributed by atoms with Gasteiger partial charge < -0.3 is 15.5 Å². The fourth-order valence-corrected chi connectivity index (χ4v) is 4.42. The van der Waals surface area contributed by atoms with Gasteiger partial charge in [0, 0.05) is 31.6 Å². The number of thiazole rings is 1. The van der Waals surface area contributed by atoms with Crippen molar-refractivity contribution in [3.8, 4) is 0 Å². The van der Waals surface area contributed by atoms with Gasteiger partial charge in [-0.2, -0.15) is 0 Å². The van der Waals surface area contributed by atoms with Gasteiger partial charge in [-0.25, -0.2) is 4.98 Å². The minimum absolute atomic E-state index is 0.0226. The highest BCUT2D eigenvalue weighted by atomic mass is 32.1. The molecule has 2 heterocycles. The Morgan fingerprint density at radius 1 is 1.38 bits per heavy atom. The molecule has 116 valence electrons. The molecule has 6 heteroatoms. The third kappa shape index (κ3) is 2.84. The summed E-state index contributed by atoms with van der Waals surface area (Å²) in [7, 11) is 2.16. The summed E-state index contributed by atoms with van der Waals surface area (Å²) >= 11 is 1.48. The quantitative estimate of drug-likeness (QED) is 0.903. The Morgan fingerprint density at radius 3 is 2.81 bits per heavy atom.